The van der Waals surface area contributed by atoms with E-state index in [1.54, 1.807) is 6.08 Å². The summed E-state index contributed by atoms with van der Waals surface area (Å²) in [7, 11) is 0. The molecule has 0 spiro atoms. The Morgan fingerprint density at radius 1 is 1.73 bits per heavy atom. The van der Waals surface area contributed by atoms with Crippen LogP contribution in [0.15, 0.2) is 12.7 Å². The highest BCUT2D eigenvalue weighted by molar-refractivity contribution is 5.72. The van der Waals surface area contributed by atoms with E-state index in [4.69, 9.17) is 4.84 Å². The summed E-state index contributed by atoms with van der Waals surface area (Å²) in [6, 6.07) is 0. The lowest BCUT2D eigenvalue weighted by atomic mass is 10.5. The fraction of sp³-hybridized carbons (Fsp3) is 0.625. The molecule has 1 amide bonds. The molecule has 0 aliphatic carbocycles. The van der Waals surface area contributed by atoms with Crippen LogP contribution in [0.25, 0.3) is 0 Å². The molecule has 3 nitrogen and oxygen atoms in total. The maximum Gasteiger partial charge on any atom is 0.243 e. The van der Waals surface area contributed by atoms with Gasteiger partial charge in [0.05, 0.1) is 13.2 Å². The van der Waals surface area contributed by atoms with E-state index >= 15 is 0 Å². The molecule has 0 atom stereocenters. The number of rotatable bonds is 5. The number of nitrogens with zero attached hydrogens (tertiary/aromatic N) is 1. The summed E-state index contributed by atoms with van der Waals surface area (Å²) in [5.74, 6) is -0.0849. The maximum absolute atomic E-state index is 10.8. The average Bonchev–Trinajstić information content (AvgIpc) is 1.97. The van der Waals surface area contributed by atoms with Gasteiger partial charge in [-0.1, -0.05) is 13.0 Å². The quantitative estimate of drug-likeness (QED) is 0.445. The van der Waals surface area contributed by atoms with Gasteiger partial charge in [0, 0.05) is 6.92 Å². The lowest BCUT2D eigenvalue weighted by molar-refractivity contribution is -0.180. The van der Waals surface area contributed by atoms with E-state index in [0.717, 1.165) is 6.42 Å². The molecule has 0 rings (SSSR count). The summed E-state index contributed by atoms with van der Waals surface area (Å²) in [6.07, 6.45) is 2.54. The largest absolute Gasteiger partial charge is 0.273 e. The van der Waals surface area contributed by atoms with Crippen molar-refractivity contribution in [1.29, 1.82) is 0 Å². The fourth-order valence-corrected chi connectivity index (χ4v) is 0.591. The minimum Gasteiger partial charge on any atom is -0.273 e. The first-order valence-electron chi connectivity index (χ1n) is 3.74. The van der Waals surface area contributed by atoms with Crippen molar-refractivity contribution in [2.75, 3.05) is 13.2 Å². The van der Waals surface area contributed by atoms with Crippen LogP contribution >= 0.6 is 0 Å². The zero-order valence-corrected chi connectivity index (χ0v) is 7.17. The first-order chi connectivity index (χ1) is 5.22. The standard InChI is InChI=1S/C8H15NO2/c1-4-6-9(8(3)10)11-7-5-2/h4H,1,5-7H2,2-3H3. The molecule has 0 aliphatic rings. The summed E-state index contributed by atoms with van der Waals surface area (Å²) < 4.78 is 0. The van der Waals surface area contributed by atoms with E-state index in [1.165, 1.54) is 12.0 Å². The zero-order valence-electron chi connectivity index (χ0n) is 7.17. The van der Waals surface area contributed by atoms with E-state index in [2.05, 4.69) is 6.58 Å². The molecule has 0 saturated heterocycles. The van der Waals surface area contributed by atoms with Crippen molar-refractivity contribution in [2.45, 2.75) is 20.3 Å². The molecule has 0 N–H and O–H groups in total. The fourth-order valence-electron chi connectivity index (χ4n) is 0.591. The smallest absolute Gasteiger partial charge is 0.243 e. The lowest BCUT2D eigenvalue weighted by Crippen LogP contribution is -2.29. The zero-order chi connectivity index (χ0) is 8.69. The van der Waals surface area contributed by atoms with Crippen LogP contribution in [-0.4, -0.2) is 24.1 Å². The van der Waals surface area contributed by atoms with E-state index < -0.39 is 0 Å². The Morgan fingerprint density at radius 3 is 2.73 bits per heavy atom. The van der Waals surface area contributed by atoms with Crippen LogP contribution in [0.3, 0.4) is 0 Å². The number of carbonyl (C=O) groups excluding carboxylic acids is 1. The number of hydrogen-bond donors (Lipinski definition) is 0. The molecule has 11 heavy (non-hydrogen) atoms. The minimum atomic E-state index is -0.0849. The molecule has 0 unspecified atom stereocenters. The van der Waals surface area contributed by atoms with Crippen LogP contribution in [0.1, 0.15) is 20.3 Å². The molecule has 0 heterocycles. The highest BCUT2D eigenvalue weighted by atomic mass is 16.7. The second-order valence-electron chi connectivity index (χ2n) is 2.20. The van der Waals surface area contributed by atoms with Gasteiger partial charge in [-0.3, -0.25) is 9.63 Å². The van der Waals surface area contributed by atoms with Gasteiger partial charge in [-0.25, -0.2) is 5.06 Å². The molecule has 64 valence electrons. The van der Waals surface area contributed by atoms with Crippen molar-refractivity contribution >= 4 is 5.91 Å². The van der Waals surface area contributed by atoms with Crippen molar-refractivity contribution in [1.82, 2.24) is 5.06 Å². The van der Waals surface area contributed by atoms with Gasteiger partial charge >= 0.3 is 0 Å². The molecule has 0 aromatic heterocycles. The van der Waals surface area contributed by atoms with E-state index in [-0.39, 0.29) is 5.91 Å². The van der Waals surface area contributed by atoms with Gasteiger partial charge in [-0.15, -0.1) is 6.58 Å². The number of carbonyl (C=O) groups is 1. The predicted octanol–water partition coefficient (Wildman–Crippen LogP) is 1.36. The van der Waals surface area contributed by atoms with E-state index in [0.29, 0.717) is 13.2 Å². The summed E-state index contributed by atoms with van der Waals surface area (Å²) >= 11 is 0. The van der Waals surface area contributed by atoms with Crippen molar-refractivity contribution in [3.8, 4) is 0 Å². The van der Waals surface area contributed by atoms with E-state index in [1.807, 2.05) is 6.92 Å². The van der Waals surface area contributed by atoms with Crippen LogP contribution in [0, 0.1) is 0 Å². The third-order valence-corrected chi connectivity index (χ3v) is 1.10. The lowest BCUT2D eigenvalue weighted by Gasteiger charge is -2.17. The molecule has 0 aromatic rings. The summed E-state index contributed by atoms with van der Waals surface area (Å²) in [5.41, 5.74) is 0. The van der Waals surface area contributed by atoms with Crippen LogP contribution in [0.2, 0.25) is 0 Å². The Bertz CT molecular complexity index is 134. The van der Waals surface area contributed by atoms with Crippen molar-refractivity contribution < 1.29 is 9.63 Å². The monoisotopic (exact) mass is 157 g/mol. The third-order valence-electron chi connectivity index (χ3n) is 1.10. The summed E-state index contributed by atoms with van der Waals surface area (Å²) in [6.45, 7) is 8.01. The second kappa shape index (κ2) is 5.92. The molecule has 0 saturated carbocycles. The normalized spacial score (nSPS) is 9.27. The highest BCUT2D eigenvalue weighted by Gasteiger charge is 2.04. The van der Waals surface area contributed by atoms with Crippen molar-refractivity contribution in [3.05, 3.63) is 12.7 Å². The summed E-state index contributed by atoms with van der Waals surface area (Å²) in [4.78, 5) is 15.9. The predicted molar refractivity (Wildman–Crippen MR) is 43.8 cm³/mol. The Labute approximate surface area is 67.6 Å². The molecule has 0 bridgehead atoms. The second-order valence-corrected chi connectivity index (χ2v) is 2.20. The molecular formula is C8H15NO2. The molecule has 0 radical (unpaired) electrons. The Balaban J connectivity index is 3.69. The molecular weight excluding hydrogens is 142 g/mol. The number of hydrogen-bond acceptors (Lipinski definition) is 2. The topological polar surface area (TPSA) is 29.5 Å². The van der Waals surface area contributed by atoms with Gasteiger partial charge in [0.2, 0.25) is 5.91 Å². The molecule has 0 aromatic carbocycles. The first-order valence-corrected chi connectivity index (χ1v) is 3.74. The minimum absolute atomic E-state index is 0.0849. The maximum atomic E-state index is 10.8. The summed E-state index contributed by atoms with van der Waals surface area (Å²) in [5, 5.41) is 1.30. The van der Waals surface area contributed by atoms with Gasteiger partial charge in [0.25, 0.3) is 0 Å². The Hall–Kier alpha value is -0.830. The van der Waals surface area contributed by atoms with Crippen LogP contribution < -0.4 is 0 Å². The average molecular weight is 157 g/mol. The van der Waals surface area contributed by atoms with Crippen molar-refractivity contribution in [2.24, 2.45) is 0 Å². The van der Waals surface area contributed by atoms with Crippen LogP contribution in [0.4, 0.5) is 0 Å². The van der Waals surface area contributed by atoms with Crippen LogP contribution in [-0.2, 0) is 9.63 Å². The SMILES string of the molecule is C=CCN(OCCC)C(C)=O. The van der Waals surface area contributed by atoms with Gasteiger partial charge in [0.1, 0.15) is 0 Å². The first kappa shape index (κ1) is 10.2. The van der Waals surface area contributed by atoms with Gasteiger partial charge < -0.3 is 0 Å². The van der Waals surface area contributed by atoms with Gasteiger partial charge in [-0.05, 0) is 6.42 Å². The molecule has 3 heteroatoms. The van der Waals surface area contributed by atoms with Gasteiger partial charge in [-0.2, -0.15) is 0 Å². The Morgan fingerprint density at radius 2 is 2.36 bits per heavy atom. The Kier molecular flexibility index (Phi) is 5.47. The third kappa shape index (κ3) is 4.56. The number of hydroxylamine groups is 2. The molecule has 0 aliphatic heterocycles. The highest BCUT2D eigenvalue weighted by Crippen LogP contribution is 1.92. The number of amides is 1. The van der Waals surface area contributed by atoms with Crippen LogP contribution in [0.5, 0.6) is 0 Å². The molecule has 0 fully saturated rings. The van der Waals surface area contributed by atoms with E-state index in [9.17, 15) is 4.79 Å². The van der Waals surface area contributed by atoms with Crippen molar-refractivity contribution in [3.63, 3.8) is 0 Å². The van der Waals surface area contributed by atoms with Gasteiger partial charge in [0.15, 0.2) is 0 Å².